The average Bonchev–Trinajstić information content (AvgIpc) is 3.10. The number of carbonyl (C=O) groups excluding carboxylic acids is 2. The molecule has 8 heteroatoms. The summed E-state index contributed by atoms with van der Waals surface area (Å²) in [7, 11) is 3.81. The van der Waals surface area contributed by atoms with Crippen LogP contribution in [0.15, 0.2) is 35.6 Å². The van der Waals surface area contributed by atoms with Gasteiger partial charge in [-0.15, -0.1) is 11.3 Å². The van der Waals surface area contributed by atoms with Gasteiger partial charge in [0.25, 0.3) is 5.91 Å². The molecule has 0 unspecified atom stereocenters. The molecule has 0 radical (unpaired) electrons. The summed E-state index contributed by atoms with van der Waals surface area (Å²) in [5.41, 5.74) is 1.42. The Labute approximate surface area is 173 Å². The first kappa shape index (κ1) is 20.5. The molecule has 0 aliphatic carbocycles. The lowest BCUT2D eigenvalue weighted by Gasteiger charge is -2.28. The van der Waals surface area contributed by atoms with Gasteiger partial charge in [0.1, 0.15) is 0 Å². The normalized spacial score (nSPS) is 17.1. The maximum absolute atomic E-state index is 13.3. The van der Waals surface area contributed by atoms with Crippen molar-refractivity contribution in [1.29, 1.82) is 0 Å². The van der Waals surface area contributed by atoms with E-state index in [0.29, 0.717) is 28.7 Å². The van der Waals surface area contributed by atoms with E-state index in [-0.39, 0.29) is 11.4 Å². The largest absolute Gasteiger partial charge is 0.503 e. The van der Waals surface area contributed by atoms with Gasteiger partial charge in [-0.1, -0.05) is 23.7 Å². The molecule has 1 amide bonds. The number of Topliss-reactive ketones (excluding diaryl/α,β-unsaturated/α-hetero) is 1. The number of nitrogens with zero attached hydrogens (tertiary/aromatic N) is 3. The lowest BCUT2D eigenvalue weighted by molar-refractivity contribution is -0.129. The van der Waals surface area contributed by atoms with Crippen LogP contribution in [0.4, 0.5) is 0 Å². The minimum atomic E-state index is -0.668. The van der Waals surface area contributed by atoms with Crippen molar-refractivity contribution in [2.75, 3.05) is 27.2 Å². The van der Waals surface area contributed by atoms with Crippen LogP contribution in [0, 0.1) is 13.8 Å². The molecule has 2 heterocycles. The van der Waals surface area contributed by atoms with Gasteiger partial charge in [-0.3, -0.25) is 9.59 Å². The third-order valence-electron chi connectivity index (χ3n) is 4.63. The number of likely N-dealkylation sites (N-methyl/N-ethyl adjacent to an activating group) is 1. The number of hydrogen-bond donors (Lipinski definition) is 1. The zero-order chi connectivity index (χ0) is 20.6. The van der Waals surface area contributed by atoms with E-state index in [1.54, 1.807) is 31.2 Å². The molecule has 0 saturated carbocycles. The van der Waals surface area contributed by atoms with E-state index in [1.165, 1.54) is 16.2 Å². The van der Waals surface area contributed by atoms with Gasteiger partial charge in [0, 0.05) is 18.1 Å². The lowest BCUT2D eigenvalue weighted by atomic mass is 9.95. The molecule has 6 nitrogen and oxygen atoms in total. The van der Waals surface area contributed by atoms with Crippen LogP contribution in [0.5, 0.6) is 0 Å². The number of thiazole rings is 1. The van der Waals surface area contributed by atoms with Gasteiger partial charge in [-0.05, 0) is 45.6 Å². The fourth-order valence-corrected chi connectivity index (χ4v) is 4.28. The Morgan fingerprint density at radius 1 is 1.29 bits per heavy atom. The van der Waals surface area contributed by atoms with E-state index in [0.717, 1.165) is 10.6 Å². The van der Waals surface area contributed by atoms with Gasteiger partial charge >= 0.3 is 0 Å². The van der Waals surface area contributed by atoms with Crippen LogP contribution in [0.25, 0.3) is 0 Å². The molecule has 2 aromatic rings. The number of rotatable bonds is 6. The van der Waals surface area contributed by atoms with Crippen molar-refractivity contribution in [1.82, 2.24) is 14.8 Å². The molecule has 0 saturated heterocycles. The van der Waals surface area contributed by atoms with Crippen molar-refractivity contribution >= 4 is 34.6 Å². The molecule has 148 valence electrons. The minimum Gasteiger partial charge on any atom is -0.503 e. The van der Waals surface area contributed by atoms with Crippen molar-refractivity contribution in [3.8, 4) is 0 Å². The number of hydrogen-bond acceptors (Lipinski definition) is 6. The van der Waals surface area contributed by atoms with E-state index in [4.69, 9.17) is 11.6 Å². The number of ketones is 1. The van der Waals surface area contributed by atoms with Gasteiger partial charge in [0.05, 0.1) is 27.2 Å². The summed E-state index contributed by atoms with van der Waals surface area (Å²) >= 11 is 7.28. The molecule has 1 atom stereocenters. The predicted molar refractivity (Wildman–Crippen MR) is 110 cm³/mol. The van der Waals surface area contributed by atoms with Crippen LogP contribution in [-0.2, 0) is 4.79 Å². The number of aryl methyl sites for hydroxylation is 2. The van der Waals surface area contributed by atoms with Crippen LogP contribution in [0.2, 0.25) is 5.02 Å². The molecular weight excluding hydrogens is 398 g/mol. The number of carbonyl (C=O) groups is 2. The number of halogens is 1. The van der Waals surface area contributed by atoms with Gasteiger partial charge in [0.15, 0.2) is 5.76 Å². The fraction of sp³-hybridized carbons (Fsp3) is 0.350. The van der Waals surface area contributed by atoms with Crippen LogP contribution in [0.3, 0.4) is 0 Å². The summed E-state index contributed by atoms with van der Waals surface area (Å²) in [5, 5.41) is 11.9. The smallest absolute Gasteiger partial charge is 0.290 e. The maximum Gasteiger partial charge on any atom is 0.290 e. The van der Waals surface area contributed by atoms with Crippen molar-refractivity contribution in [2.45, 2.75) is 19.9 Å². The standard InChI is InChI=1S/C20H22ClN3O3S/c1-11-19(28-12(2)22-11)17(25)15-16(13-5-7-14(21)8-6-13)24(10-9-23(3)4)20(27)18(15)26/h5-8,16,26H,9-10H2,1-4H3/t16-/m0/s1. The predicted octanol–water partition coefficient (Wildman–Crippen LogP) is 3.55. The number of aromatic nitrogens is 1. The summed E-state index contributed by atoms with van der Waals surface area (Å²) in [6.07, 6.45) is 0. The SMILES string of the molecule is Cc1nc(C)c(C(=O)C2=C(O)C(=O)N(CCN(C)C)[C@H]2c2ccc(Cl)cc2)s1. The molecule has 28 heavy (non-hydrogen) atoms. The molecule has 0 bridgehead atoms. The summed E-state index contributed by atoms with van der Waals surface area (Å²) in [5.74, 6) is -1.39. The number of aliphatic hydroxyl groups excluding tert-OH is 1. The van der Waals surface area contributed by atoms with E-state index in [2.05, 4.69) is 4.98 Å². The third-order valence-corrected chi connectivity index (χ3v) is 5.96. The Hall–Kier alpha value is -2.22. The van der Waals surface area contributed by atoms with Gasteiger partial charge in [-0.2, -0.15) is 0 Å². The molecule has 3 rings (SSSR count). The Morgan fingerprint density at radius 3 is 2.46 bits per heavy atom. The highest BCUT2D eigenvalue weighted by Crippen LogP contribution is 2.40. The lowest BCUT2D eigenvalue weighted by Crippen LogP contribution is -2.36. The highest BCUT2D eigenvalue weighted by atomic mass is 35.5. The van der Waals surface area contributed by atoms with Crippen molar-refractivity contribution in [3.63, 3.8) is 0 Å². The highest BCUT2D eigenvalue weighted by Gasteiger charge is 2.44. The van der Waals surface area contributed by atoms with Gasteiger partial charge in [0.2, 0.25) is 5.78 Å². The summed E-state index contributed by atoms with van der Waals surface area (Å²) in [6, 6.07) is 6.31. The minimum absolute atomic E-state index is 0.0952. The Kier molecular flexibility index (Phi) is 5.88. The Bertz CT molecular complexity index is 950. The molecule has 1 aliphatic heterocycles. The molecule has 0 spiro atoms. The van der Waals surface area contributed by atoms with E-state index < -0.39 is 17.7 Å². The second kappa shape index (κ2) is 8.03. The van der Waals surface area contributed by atoms with Crippen molar-refractivity contribution in [3.05, 3.63) is 61.8 Å². The molecule has 1 aliphatic rings. The van der Waals surface area contributed by atoms with E-state index in [9.17, 15) is 14.7 Å². The van der Waals surface area contributed by atoms with Crippen LogP contribution < -0.4 is 0 Å². The molecule has 0 fully saturated rings. The van der Waals surface area contributed by atoms with Crippen molar-refractivity contribution < 1.29 is 14.7 Å². The second-order valence-electron chi connectivity index (χ2n) is 6.99. The third kappa shape index (κ3) is 3.83. The van der Waals surface area contributed by atoms with Crippen molar-refractivity contribution in [2.24, 2.45) is 0 Å². The Morgan fingerprint density at radius 2 is 1.93 bits per heavy atom. The first-order chi connectivity index (χ1) is 13.2. The molecule has 1 aromatic carbocycles. The second-order valence-corrected chi connectivity index (χ2v) is 8.63. The molecule has 1 aromatic heterocycles. The van der Waals surface area contributed by atoms with E-state index in [1.807, 2.05) is 25.9 Å². The van der Waals surface area contributed by atoms with Gasteiger partial charge in [-0.25, -0.2) is 4.98 Å². The summed E-state index contributed by atoms with van der Waals surface area (Å²) in [6.45, 7) is 4.55. The van der Waals surface area contributed by atoms with E-state index >= 15 is 0 Å². The molecular formula is C20H22ClN3O3S. The number of benzene rings is 1. The average molecular weight is 420 g/mol. The van der Waals surface area contributed by atoms with Gasteiger partial charge < -0.3 is 14.9 Å². The first-order valence-electron chi connectivity index (χ1n) is 8.83. The molecule has 1 N–H and O–H groups in total. The zero-order valence-corrected chi connectivity index (χ0v) is 17.8. The van der Waals surface area contributed by atoms with Crippen LogP contribution in [0.1, 0.15) is 32.0 Å². The zero-order valence-electron chi connectivity index (χ0n) is 16.2. The maximum atomic E-state index is 13.3. The van der Waals surface area contributed by atoms with Crippen LogP contribution >= 0.6 is 22.9 Å². The first-order valence-corrected chi connectivity index (χ1v) is 10.0. The fourth-order valence-electron chi connectivity index (χ4n) is 3.28. The number of amides is 1. The van der Waals surface area contributed by atoms with Crippen LogP contribution in [-0.4, -0.2) is 58.8 Å². The monoisotopic (exact) mass is 419 g/mol. The highest BCUT2D eigenvalue weighted by molar-refractivity contribution is 7.14. The Balaban J connectivity index is 2.08. The summed E-state index contributed by atoms with van der Waals surface area (Å²) in [4.78, 5) is 34.4. The topological polar surface area (TPSA) is 73.7 Å². The number of aliphatic hydroxyl groups is 1. The quantitative estimate of drug-likeness (QED) is 0.725. The summed E-state index contributed by atoms with van der Waals surface area (Å²) < 4.78 is 0.